The Morgan fingerprint density at radius 3 is 2.84 bits per heavy atom. The molecule has 0 saturated carbocycles. The average Bonchev–Trinajstić information content (AvgIpc) is 2.82. The number of halogens is 1. The Morgan fingerprint density at radius 2 is 2.04 bits per heavy atom. The van der Waals surface area contributed by atoms with Crippen molar-refractivity contribution in [3.05, 3.63) is 50.3 Å². The second kappa shape index (κ2) is 6.57. The van der Waals surface area contributed by atoms with Crippen molar-refractivity contribution in [2.24, 2.45) is 0 Å². The van der Waals surface area contributed by atoms with Crippen molar-refractivity contribution in [3.63, 3.8) is 0 Å². The van der Waals surface area contributed by atoms with Crippen molar-refractivity contribution in [2.45, 2.75) is 19.9 Å². The SMILES string of the molecule is Cc1csc2nc(CNc3cc4c(cc3Cl)OCCCO4)cc(=O)n12. The van der Waals surface area contributed by atoms with E-state index in [2.05, 4.69) is 10.3 Å². The standard InChI is InChI=1S/C17H16ClN3O3S/c1-10-9-25-17-20-11(5-16(22)21(10)17)8-19-13-7-15-14(6-12(13)18)23-3-2-4-24-15/h5-7,9,19H,2-4,8H2,1H3. The lowest BCUT2D eigenvalue weighted by molar-refractivity contribution is 0.297. The van der Waals surface area contributed by atoms with Gasteiger partial charge in [0, 0.05) is 35.7 Å². The summed E-state index contributed by atoms with van der Waals surface area (Å²) in [6, 6.07) is 5.11. The number of thiazole rings is 1. The van der Waals surface area contributed by atoms with Gasteiger partial charge in [-0.1, -0.05) is 11.6 Å². The van der Waals surface area contributed by atoms with Gasteiger partial charge in [-0.25, -0.2) is 4.98 Å². The molecule has 6 nitrogen and oxygen atoms in total. The van der Waals surface area contributed by atoms with Crippen molar-refractivity contribution >= 4 is 33.6 Å². The van der Waals surface area contributed by atoms with E-state index in [9.17, 15) is 4.79 Å². The summed E-state index contributed by atoms with van der Waals surface area (Å²) >= 11 is 7.78. The predicted octanol–water partition coefficient (Wildman–Crippen LogP) is 3.49. The van der Waals surface area contributed by atoms with Crippen LogP contribution in [-0.2, 0) is 6.54 Å². The van der Waals surface area contributed by atoms with Gasteiger partial charge < -0.3 is 14.8 Å². The van der Waals surface area contributed by atoms with Crippen LogP contribution in [0.2, 0.25) is 5.02 Å². The smallest absolute Gasteiger partial charge is 0.259 e. The highest BCUT2D eigenvalue weighted by atomic mass is 35.5. The first-order valence-corrected chi connectivity index (χ1v) is 9.17. The molecule has 1 aromatic carbocycles. The average molecular weight is 378 g/mol. The number of nitrogens with zero attached hydrogens (tertiary/aromatic N) is 2. The van der Waals surface area contributed by atoms with Crippen molar-refractivity contribution in [1.82, 2.24) is 9.38 Å². The highest BCUT2D eigenvalue weighted by Crippen LogP contribution is 2.37. The number of hydrogen-bond acceptors (Lipinski definition) is 6. The maximum atomic E-state index is 12.2. The van der Waals surface area contributed by atoms with Gasteiger partial charge in [0.2, 0.25) is 0 Å². The number of ether oxygens (including phenoxy) is 2. The molecule has 4 rings (SSSR count). The summed E-state index contributed by atoms with van der Waals surface area (Å²) in [5.41, 5.74) is 2.19. The fraction of sp³-hybridized carbons (Fsp3) is 0.294. The van der Waals surface area contributed by atoms with E-state index in [-0.39, 0.29) is 5.56 Å². The molecule has 1 aliphatic rings. The van der Waals surface area contributed by atoms with Gasteiger partial charge in [0.25, 0.3) is 5.56 Å². The molecule has 0 radical (unpaired) electrons. The second-order valence-corrected chi connectivity index (χ2v) is 7.01. The van der Waals surface area contributed by atoms with Crippen molar-refractivity contribution in [3.8, 4) is 11.5 Å². The highest BCUT2D eigenvalue weighted by molar-refractivity contribution is 7.15. The van der Waals surface area contributed by atoms with E-state index < -0.39 is 0 Å². The molecule has 0 spiro atoms. The van der Waals surface area contributed by atoms with Gasteiger partial charge in [0.15, 0.2) is 16.5 Å². The Kier molecular flexibility index (Phi) is 4.27. The normalized spacial score (nSPS) is 13.7. The number of aromatic nitrogens is 2. The van der Waals surface area contributed by atoms with E-state index in [1.807, 2.05) is 18.4 Å². The summed E-state index contributed by atoms with van der Waals surface area (Å²) in [5, 5.41) is 5.68. The summed E-state index contributed by atoms with van der Waals surface area (Å²) in [5.74, 6) is 1.32. The number of rotatable bonds is 3. The predicted molar refractivity (Wildman–Crippen MR) is 98.5 cm³/mol. The van der Waals surface area contributed by atoms with Crippen LogP contribution < -0.4 is 20.3 Å². The molecule has 3 heterocycles. The molecule has 3 aromatic rings. The van der Waals surface area contributed by atoms with E-state index in [4.69, 9.17) is 21.1 Å². The number of fused-ring (bicyclic) bond motifs is 2. The molecule has 130 valence electrons. The number of anilines is 1. The molecule has 0 amide bonds. The van der Waals surface area contributed by atoms with Gasteiger partial charge in [0.1, 0.15) is 0 Å². The van der Waals surface area contributed by atoms with Crippen LogP contribution in [0.25, 0.3) is 4.96 Å². The van der Waals surface area contributed by atoms with Crippen LogP contribution >= 0.6 is 22.9 Å². The molecule has 0 unspecified atom stereocenters. The first kappa shape index (κ1) is 16.2. The third kappa shape index (κ3) is 3.17. The fourth-order valence-electron chi connectivity index (χ4n) is 2.70. The summed E-state index contributed by atoms with van der Waals surface area (Å²) in [4.78, 5) is 17.4. The molecule has 1 N–H and O–H groups in total. The van der Waals surface area contributed by atoms with Gasteiger partial charge in [-0.3, -0.25) is 9.20 Å². The fourth-order valence-corrected chi connectivity index (χ4v) is 3.81. The molecule has 0 atom stereocenters. The lowest BCUT2D eigenvalue weighted by Crippen LogP contribution is -2.16. The van der Waals surface area contributed by atoms with Crippen LogP contribution in [0.4, 0.5) is 5.69 Å². The molecule has 0 saturated heterocycles. The van der Waals surface area contributed by atoms with Crippen LogP contribution in [0.1, 0.15) is 17.8 Å². The zero-order chi connectivity index (χ0) is 17.4. The van der Waals surface area contributed by atoms with Crippen molar-refractivity contribution < 1.29 is 9.47 Å². The second-order valence-electron chi connectivity index (χ2n) is 5.76. The molecule has 25 heavy (non-hydrogen) atoms. The Morgan fingerprint density at radius 1 is 1.28 bits per heavy atom. The van der Waals surface area contributed by atoms with Crippen LogP contribution in [0.3, 0.4) is 0 Å². The largest absolute Gasteiger partial charge is 0.490 e. The van der Waals surface area contributed by atoms with Gasteiger partial charge in [-0.05, 0) is 6.92 Å². The van der Waals surface area contributed by atoms with E-state index in [1.54, 1.807) is 10.5 Å². The zero-order valence-corrected chi connectivity index (χ0v) is 15.1. The van der Waals surface area contributed by atoms with Gasteiger partial charge in [-0.15, -0.1) is 11.3 Å². The van der Waals surface area contributed by atoms with E-state index in [0.29, 0.717) is 46.9 Å². The molecule has 0 aliphatic carbocycles. The minimum absolute atomic E-state index is 0.0784. The van der Waals surface area contributed by atoms with Crippen molar-refractivity contribution in [2.75, 3.05) is 18.5 Å². The lowest BCUT2D eigenvalue weighted by atomic mass is 10.2. The van der Waals surface area contributed by atoms with Gasteiger partial charge in [0.05, 0.1) is 36.2 Å². The van der Waals surface area contributed by atoms with E-state index >= 15 is 0 Å². The molecule has 0 bridgehead atoms. The molecular weight excluding hydrogens is 362 g/mol. The molecule has 2 aromatic heterocycles. The number of nitrogens with one attached hydrogen (secondary N) is 1. The van der Waals surface area contributed by atoms with E-state index in [0.717, 1.165) is 17.8 Å². The van der Waals surface area contributed by atoms with Crippen LogP contribution in [0.5, 0.6) is 11.5 Å². The van der Waals surface area contributed by atoms with Gasteiger partial charge in [-0.2, -0.15) is 0 Å². The lowest BCUT2D eigenvalue weighted by Gasteiger charge is -2.13. The molecule has 0 fully saturated rings. The minimum Gasteiger partial charge on any atom is -0.490 e. The maximum absolute atomic E-state index is 12.2. The zero-order valence-electron chi connectivity index (χ0n) is 13.5. The molecule has 1 aliphatic heterocycles. The van der Waals surface area contributed by atoms with Crippen LogP contribution in [-0.4, -0.2) is 22.6 Å². The van der Waals surface area contributed by atoms with Crippen LogP contribution in [0, 0.1) is 6.92 Å². The minimum atomic E-state index is -0.0784. The first-order chi connectivity index (χ1) is 12.1. The maximum Gasteiger partial charge on any atom is 0.259 e. The molecule has 8 heteroatoms. The Labute approximate surface area is 153 Å². The van der Waals surface area contributed by atoms with Crippen LogP contribution in [0.15, 0.2) is 28.4 Å². The van der Waals surface area contributed by atoms with Crippen molar-refractivity contribution in [1.29, 1.82) is 0 Å². The van der Waals surface area contributed by atoms with E-state index in [1.165, 1.54) is 17.4 Å². The Hall–Kier alpha value is -2.25. The summed E-state index contributed by atoms with van der Waals surface area (Å²) in [7, 11) is 0. The summed E-state index contributed by atoms with van der Waals surface area (Å²) in [6.45, 7) is 3.51. The highest BCUT2D eigenvalue weighted by Gasteiger charge is 2.14. The number of benzene rings is 1. The van der Waals surface area contributed by atoms with Gasteiger partial charge >= 0.3 is 0 Å². The topological polar surface area (TPSA) is 64.9 Å². The Bertz CT molecular complexity index is 999. The first-order valence-electron chi connectivity index (χ1n) is 7.91. The summed E-state index contributed by atoms with van der Waals surface area (Å²) < 4.78 is 12.9. The number of aryl methyl sites for hydroxylation is 1. The summed E-state index contributed by atoms with van der Waals surface area (Å²) in [6.07, 6.45) is 0.836. The Balaban J connectivity index is 1.59. The quantitative estimate of drug-likeness (QED) is 0.756. The third-order valence-electron chi connectivity index (χ3n) is 3.93. The third-order valence-corrected chi connectivity index (χ3v) is 5.18. The monoisotopic (exact) mass is 377 g/mol. The molecular formula is C17H16ClN3O3S. The number of hydrogen-bond donors (Lipinski definition) is 1.